The van der Waals surface area contributed by atoms with Crippen LogP contribution in [0.5, 0.6) is 0 Å². The minimum atomic E-state index is -4.28. The molecule has 0 spiro atoms. The zero-order valence-corrected chi connectivity index (χ0v) is 17.7. The molecule has 156 valence electrons. The van der Waals surface area contributed by atoms with Crippen LogP contribution >= 0.6 is 11.8 Å². The van der Waals surface area contributed by atoms with Gasteiger partial charge in [0.15, 0.2) is 5.17 Å². The fraction of sp³-hybridized carbons (Fsp3) is 0.409. The smallest absolute Gasteiger partial charge is 0.344 e. The summed E-state index contributed by atoms with van der Waals surface area (Å²) in [5, 5.41) is 0.439. The molecular weight excluding hydrogens is 395 g/mol. The molecule has 29 heavy (non-hydrogen) atoms. The molecular formula is C22H26F3N3S. The highest BCUT2D eigenvalue weighted by atomic mass is 32.2. The molecule has 1 aliphatic rings. The molecule has 0 radical (unpaired) electrons. The van der Waals surface area contributed by atoms with Crippen molar-refractivity contribution < 1.29 is 13.2 Å². The van der Waals surface area contributed by atoms with E-state index < -0.39 is 12.7 Å². The van der Waals surface area contributed by atoms with E-state index in [2.05, 4.69) is 37.9 Å². The highest BCUT2D eigenvalue weighted by molar-refractivity contribution is 8.13. The molecule has 0 aromatic heterocycles. The second-order valence-electron chi connectivity index (χ2n) is 8.15. The van der Waals surface area contributed by atoms with Crippen molar-refractivity contribution in [1.29, 1.82) is 0 Å². The van der Waals surface area contributed by atoms with E-state index in [0.29, 0.717) is 17.6 Å². The lowest BCUT2D eigenvalue weighted by molar-refractivity contribution is -0.137. The summed E-state index contributed by atoms with van der Waals surface area (Å²) < 4.78 is 39.4. The molecule has 0 aliphatic carbocycles. The van der Waals surface area contributed by atoms with E-state index in [9.17, 15) is 13.2 Å². The van der Waals surface area contributed by atoms with Crippen molar-refractivity contribution in [3.63, 3.8) is 0 Å². The van der Waals surface area contributed by atoms with Crippen LogP contribution in [0.4, 0.5) is 18.9 Å². The SMILES string of the molecule is CC(C)(C)c1ccc(CN=C2SCN(c3ccccc3)CN2CC(F)(F)F)cc1. The predicted molar refractivity (Wildman–Crippen MR) is 115 cm³/mol. The Morgan fingerprint density at radius 2 is 1.62 bits per heavy atom. The Bertz CT molecular complexity index is 827. The van der Waals surface area contributed by atoms with Crippen molar-refractivity contribution in [2.24, 2.45) is 4.99 Å². The Balaban J connectivity index is 1.74. The summed E-state index contributed by atoms with van der Waals surface area (Å²) in [6.07, 6.45) is -4.28. The van der Waals surface area contributed by atoms with Gasteiger partial charge in [-0.05, 0) is 28.7 Å². The van der Waals surface area contributed by atoms with Gasteiger partial charge in [0.05, 0.1) is 19.1 Å². The van der Waals surface area contributed by atoms with E-state index in [0.717, 1.165) is 11.3 Å². The van der Waals surface area contributed by atoms with Gasteiger partial charge in [0.1, 0.15) is 6.54 Å². The molecule has 0 N–H and O–H groups in total. The molecule has 3 rings (SSSR count). The molecule has 7 heteroatoms. The van der Waals surface area contributed by atoms with Crippen LogP contribution in [0.1, 0.15) is 31.9 Å². The lowest BCUT2D eigenvalue weighted by Crippen LogP contribution is -2.49. The van der Waals surface area contributed by atoms with Crippen LogP contribution in [0.15, 0.2) is 59.6 Å². The van der Waals surface area contributed by atoms with Crippen LogP contribution in [0, 0.1) is 0 Å². The van der Waals surface area contributed by atoms with E-state index in [1.165, 1.54) is 22.2 Å². The normalized spacial score (nSPS) is 17.1. The van der Waals surface area contributed by atoms with Crippen molar-refractivity contribution in [1.82, 2.24) is 4.90 Å². The molecule has 1 fully saturated rings. The number of halogens is 3. The van der Waals surface area contributed by atoms with Gasteiger partial charge in [0, 0.05) is 5.69 Å². The number of hydrogen-bond acceptors (Lipinski definition) is 3. The van der Waals surface area contributed by atoms with Crippen LogP contribution < -0.4 is 4.90 Å². The summed E-state index contributed by atoms with van der Waals surface area (Å²) in [6, 6.07) is 17.6. The largest absolute Gasteiger partial charge is 0.406 e. The predicted octanol–water partition coefficient (Wildman–Crippen LogP) is 5.87. The number of alkyl halides is 3. The summed E-state index contributed by atoms with van der Waals surface area (Å²) in [6.45, 7) is 5.97. The average Bonchev–Trinajstić information content (AvgIpc) is 2.66. The van der Waals surface area contributed by atoms with Crippen molar-refractivity contribution in [2.75, 3.05) is 24.0 Å². The molecule has 2 aromatic carbocycles. The summed E-state index contributed by atoms with van der Waals surface area (Å²) in [5.74, 6) is 0.570. The third-order valence-corrected chi connectivity index (χ3v) is 5.76. The first-order valence-electron chi connectivity index (χ1n) is 9.50. The van der Waals surface area contributed by atoms with Gasteiger partial charge in [-0.25, -0.2) is 0 Å². The van der Waals surface area contributed by atoms with Gasteiger partial charge in [0.25, 0.3) is 0 Å². The second-order valence-corrected chi connectivity index (χ2v) is 9.06. The van der Waals surface area contributed by atoms with Crippen molar-refractivity contribution in [3.05, 3.63) is 65.7 Å². The lowest BCUT2D eigenvalue weighted by atomic mass is 9.87. The zero-order chi connectivity index (χ0) is 21.1. The number of amidine groups is 1. The summed E-state index contributed by atoms with van der Waals surface area (Å²) in [4.78, 5) is 7.75. The Kier molecular flexibility index (Phi) is 6.46. The molecule has 2 aromatic rings. The van der Waals surface area contributed by atoms with Crippen molar-refractivity contribution >= 4 is 22.6 Å². The Hall–Kier alpha value is -2.15. The fourth-order valence-electron chi connectivity index (χ4n) is 3.08. The van der Waals surface area contributed by atoms with Crippen LogP contribution in [0.2, 0.25) is 0 Å². The minimum Gasteiger partial charge on any atom is -0.344 e. The molecule has 1 heterocycles. The first-order chi connectivity index (χ1) is 13.6. The third kappa shape index (κ3) is 6.16. The lowest BCUT2D eigenvalue weighted by Gasteiger charge is -2.38. The Morgan fingerprint density at radius 1 is 0.966 bits per heavy atom. The summed E-state index contributed by atoms with van der Waals surface area (Å²) >= 11 is 1.34. The van der Waals surface area contributed by atoms with Gasteiger partial charge in [-0.3, -0.25) is 4.99 Å². The minimum absolute atomic E-state index is 0.0635. The van der Waals surface area contributed by atoms with Crippen molar-refractivity contribution in [3.8, 4) is 0 Å². The second kappa shape index (κ2) is 8.69. The first-order valence-corrected chi connectivity index (χ1v) is 10.5. The fourth-order valence-corrected chi connectivity index (χ4v) is 4.04. The highest BCUT2D eigenvalue weighted by Crippen LogP contribution is 2.28. The quantitative estimate of drug-likeness (QED) is 0.615. The highest BCUT2D eigenvalue weighted by Gasteiger charge is 2.35. The van der Waals surface area contributed by atoms with Crippen LogP contribution in [0.3, 0.4) is 0 Å². The summed E-state index contributed by atoms with van der Waals surface area (Å²) in [5.41, 5.74) is 3.18. The Labute approximate surface area is 174 Å². The zero-order valence-electron chi connectivity index (χ0n) is 16.9. The summed E-state index contributed by atoms with van der Waals surface area (Å²) in [7, 11) is 0. The van der Waals surface area contributed by atoms with Crippen LogP contribution in [0.25, 0.3) is 0 Å². The maximum absolute atomic E-state index is 13.1. The number of hydrogen-bond donors (Lipinski definition) is 0. The number of rotatable bonds is 4. The van der Waals surface area contributed by atoms with Crippen molar-refractivity contribution in [2.45, 2.75) is 38.9 Å². The standard InChI is InChI=1S/C22H26F3N3S/c1-21(2,3)18-11-9-17(10-12-18)13-26-20-27(14-22(23,24)25)15-28(16-29-20)19-7-5-4-6-8-19/h4-12H,13-16H2,1-3H3. The molecule has 0 saturated carbocycles. The van der Waals surface area contributed by atoms with Crippen LogP contribution in [-0.4, -0.2) is 35.3 Å². The number of thioether (sulfide) groups is 1. The first kappa shape index (κ1) is 21.6. The molecule has 0 bridgehead atoms. The van der Waals surface area contributed by atoms with E-state index in [4.69, 9.17) is 0 Å². The van der Waals surface area contributed by atoms with Gasteiger partial charge in [-0.1, -0.05) is 75.0 Å². The maximum Gasteiger partial charge on any atom is 0.406 e. The molecule has 0 amide bonds. The van der Waals surface area contributed by atoms with Gasteiger partial charge < -0.3 is 9.80 Å². The van der Waals surface area contributed by atoms with E-state index in [1.807, 2.05) is 47.4 Å². The number of para-hydroxylation sites is 1. The third-order valence-electron chi connectivity index (χ3n) is 4.67. The molecule has 0 atom stereocenters. The van der Waals surface area contributed by atoms with Gasteiger partial charge >= 0.3 is 6.18 Å². The monoisotopic (exact) mass is 421 g/mol. The van der Waals surface area contributed by atoms with Gasteiger partial charge in [0.2, 0.25) is 0 Å². The number of anilines is 1. The molecule has 0 unspecified atom stereocenters. The topological polar surface area (TPSA) is 18.8 Å². The van der Waals surface area contributed by atoms with Gasteiger partial charge in [-0.15, -0.1) is 0 Å². The molecule has 1 aliphatic heterocycles. The van der Waals surface area contributed by atoms with E-state index >= 15 is 0 Å². The van der Waals surface area contributed by atoms with Gasteiger partial charge in [-0.2, -0.15) is 13.2 Å². The van der Waals surface area contributed by atoms with E-state index in [-0.39, 0.29) is 12.1 Å². The number of aliphatic imine (C=N–C) groups is 1. The number of nitrogens with zero attached hydrogens (tertiary/aromatic N) is 3. The average molecular weight is 422 g/mol. The van der Waals surface area contributed by atoms with E-state index in [1.54, 1.807) is 0 Å². The Morgan fingerprint density at radius 3 is 2.21 bits per heavy atom. The maximum atomic E-state index is 13.1. The molecule has 1 saturated heterocycles. The molecule has 3 nitrogen and oxygen atoms in total. The van der Waals surface area contributed by atoms with Crippen LogP contribution in [-0.2, 0) is 12.0 Å². The number of benzene rings is 2.